The molecule has 2 aromatic rings. The van der Waals surface area contributed by atoms with E-state index in [-0.39, 0.29) is 16.5 Å². The topological polar surface area (TPSA) is 107 Å². The predicted octanol–water partition coefficient (Wildman–Crippen LogP) is 2.24. The normalized spacial score (nSPS) is 16.9. The van der Waals surface area contributed by atoms with E-state index in [0.717, 1.165) is 5.56 Å². The molecule has 0 saturated heterocycles. The molecule has 0 unspecified atom stereocenters. The van der Waals surface area contributed by atoms with Crippen molar-refractivity contribution < 1.29 is 13.3 Å². The maximum Gasteiger partial charge on any atom is 0.269 e. The molecule has 2 N–H and O–H groups in total. The van der Waals surface area contributed by atoms with E-state index < -0.39 is 14.9 Å². The third-order valence-electron chi connectivity index (χ3n) is 4.18. The highest BCUT2D eigenvalue weighted by atomic mass is 32.2. The third kappa shape index (κ3) is 2.74. The van der Waals surface area contributed by atoms with E-state index in [1.807, 2.05) is 12.1 Å². The van der Waals surface area contributed by atoms with E-state index in [1.165, 1.54) is 28.6 Å². The van der Waals surface area contributed by atoms with Gasteiger partial charge in [-0.3, -0.25) is 14.4 Å². The molecule has 0 fully saturated rings. The van der Waals surface area contributed by atoms with Crippen molar-refractivity contribution in [2.45, 2.75) is 17.2 Å². The minimum absolute atomic E-state index is 0.0382. The summed E-state index contributed by atoms with van der Waals surface area (Å²) in [6.07, 6.45) is 0.698. The number of nitrogens with two attached hydrogens (primary N) is 1. The molecule has 2 aromatic carbocycles. The molecule has 1 heterocycles. The molecular formula is C16H17N3O4S. The first-order valence-electron chi connectivity index (χ1n) is 7.51. The van der Waals surface area contributed by atoms with Crippen molar-refractivity contribution in [3.63, 3.8) is 0 Å². The third-order valence-corrected chi connectivity index (χ3v) is 5.98. The Hall–Kier alpha value is -2.45. The number of non-ortho nitro benzene ring substituents is 1. The summed E-state index contributed by atoms with van der Waals surface area (Å²) in [6, 6.07) is 12.3. The van der Waals surface area contributed by atoms with Crippen LogP contribution in [0, 0.1) is 10.1 Å². The zero-order valence-corrected chi connectivity index (χ0v) is 13.6. The molecule has 0 saturated carbocycles. The van der Waals surface area contributed by atoms with Crippen molar-refractivity contribution >= 4 is 21.4 Å². The van der Waals surface area contributed by atoms with E-state index in [1.54, 1.807) is 12.1 Å². The van der Waals surface area contributed by atoms with E-state index in [0.29, 0.717) is 25.2 Å². The van der Waals surface area contributed by atoms with Crippen LogP contribution in [0.25, 0.3) is 0 Å². The summed E-state index contributed by atoms with van der Waals surface area (Å²) in [5, 5.41) is 10.7. The van der Waals surface area contributed by atoms with Gasteiger partial charge in [-0.05, 0) is 36.7 Å². The molecule has 0 spiro atoms. The van der Waals surface area contributed by atoms with E-state index in [2.05, 4.69) is 0 Å². The second kappa shape index (κ2) is 6.21. The summed E-state index contributed by atoms with van der Waals surface area (Å²) in [7, 11) is -3.78. The molecule has 8 heteroatoms. The number of hydrogen-bond acceptors (Lipinski definition) is 5. The van der Waals surface area contributed by atoms with Crippen molar-refractivity contribution in [1.29, 1.82) is 0 Å². The van der Waals surface area contributed by atoms with Crippen LogP contribution >= 0.6 is 0 Å². The Bertz CT molecular complexity index is 865. The highest BCUT2D eigenvalue weighted by Crippen LogP contribution is 2.40. The van der Waals surface area contributed by atoms with Gasteiger partial charge >= 0.3 is 0 Å². The lowest BCUT2D eigenvalue weighted by molar-refractivity contribution is -0.384. The van der Waals surface area contributed by atoms with Crippen molar-refractivity contribution in [2.24, 2.45) is 5.73 Å². The first-order valence-corrected chi connectivity index (χ1v) is 8.95. The lowest BCUT2D eigenvalue weighted by atomic mass is 9.98. The molecule has 1 aliphatic rings. The van der Waals surface area contributed by atoms with Gasteiger partial charge in [0.25, 0.3) is 15.7 Å². The number of benzene rings is 2. The first-order chi connectivity index (χ1) is 11.4. The van der Waals surface area contributed by atoms with Crippen molar-refractivity contribution in [3.05, 3.63) is 64.2 Å². The predicted molar refractivity (Wildman–Crippen MR) is 90.5 cm³/mol. The summed E-state index contributed by atoms with van der Waals surface area (Å²) >= 11 is 0. The summed E-state index contributed by atoms with van der Waals surface area (Å²) in [5.41, 5.74) is 7.12. The molecule has 3 rings (SSSR count). The fourth-order valence-corrected chi connectivity index (χ4v) is 4.54. The summed E-state index contributed by atoms with van der Waals surface area (Å²) in [4.78, 5) is 10.2. The van der Waals surface area contributed by atoms with Crippen LogP contribution in [0.1, 0.15) is 17.9 Å². The van der Waals surface area contributed by atoms with Crippen LogP contribution in [0.2, 0.25) is 0 Å². The van der Waals surface area contributed by atoms with E-state index in [4.69, 9.17) is 5.73 Å². The van der Waals surface area contributed by atoms with Gasteiger partial charge < -0.3 is 5.73 Å². The minimum atomic E-state index is -3.78. The van der Waals surface area contributed by atoms with Gasteiger partial charge in [0.05, 0.1) is 15.5 Å². The Labute approximate surface area is 139 Å². The van der Waals surface area contributed by atoms with Crippen molar-refractivity contribution in [2.75, 3.05) is 17.4 Å². The Morgan fingerprint density at radius 2 is 1.83 bits per heavy atom. The zero-order valence-electron chi connectivity index (χ0n) is 12.8. The zero-order chi connectivity index (χ0) is 17.3. The highest BCUT2D eigenvalue weighted by molar-refractivity contribution is 7.92. The van der Waals surface area contributed by atoms with Crippen LogP contribution in [-0.4, -0.2) is 26.4 Å². The Balaban J connectivity index is 2.00. The van der Waals surface area contributed by atoms with Gasteiger partial charge in [0, 0.05) is 24.6 Å². The average Bonchev–Trinajstić information content (AvgIpc) is 2.95. The molecule has 0 aromatic heterocycles. The summed E-state index contributed by atoms with van der Waals surface area (Å²) in [5.74, 6) is 0.0547. The molecule has 7 nitrogen and oxygen atoms in total. The maximum absolute atomic E-state index is 13.0. The molecule has 0 amide bonds. The molecule has 126 valence electrons. The van der Waals surface area contributed by atoms with Crippen molar-refractivity contribution in [1.82, 2.24) is 0 Å². The second-order valence-corrected chi connectivity index (χ2v) is 7.48. The highest BCUT2D eigenvalue weighted by Gasteiger charge is 2.36. The molecule has 0 radical (unpaired) electrons. The molecule has 1 atom stereocenters. The Kier molecular flexibility index (Phi) is 4.25. The van der Waals surface area contributed by atoms with Gasteiger partial charge in [0.2, 0.25) is 0 Å². The fraction of sp³-hybridized carbons (Fsp3) is 0.250. The SMILES string of the molecule is NCC[C@H]1CN(S(=O)(=O)c2ccc([N+](=O)[O-])cc2)c2ccccc21. The van der Waals surface area contributed by atoms with Gasteiger partial charge in [-0.1, -0.05) is 18.2 Å². The monoisotopic (exact) mass is 347 g/mol. The largest absolute Gasteiger partial charge is 0.330 e. The molecular weight excluding hydrogens is 330 g/mol. The van der Waals surface area contributed by atoms with Gasteiger partial charge in [-0.2, -0.15) is 0 Å². The molecule has 0 bridgehead atoms. The number of anilines is 1. The standard InChI is InChI=1S/C16H17N3O4S/c17-10-9-12-11-18(16-4-2-1-3-15(12)16)24(22,23)14-7-5-13(6-8-14)19(20)21/h1-8,12H,9-11,17H2/t12-/m0/s1. The van der Waals surface area contributed by atoms with Crippen molar-refractivity contribution in [3.8, 4) is 0 Å². The molecule has 1 aliphatic heterocycles. The van der Waals surface area contributed by atoms with Gasteiger partial charge in [0.15, 0.2) is 0 Å². The smallest absolute Gasteiger partial charge is 0.269 e. The fourth-order valence-electron chi connectivity index (χ4n) is 3.00. The number of hydrogen-bond donors (Lipinski definition) is 1. The summed E-state index contributed by atoms with van der Waals surface area (Å²) < 4.78 is 27.3. The van der Waals surface area contributed by atoms with Crippen LogP contribution in [0.15, 0.2) is 53.4 Å². The number of nitro groups is 1. The maximum atomic E-state index is 13.0. The van der Waals surface area contributed by atoms with Crippen LogP contribution < -0.4 is 10.0 Å². The average molecular weight is 347 g/mol. The van der Waals surface area contributed by atoms with Crippen LogP contribution in [-0.2, 0) is 10.0 Å². The lowest BCUT2D eigenvalue weighted by Crippen LogP contribution is -2.30. The van der Waals surface area contributed by atoms with E-state index in [9.17, 15) is 18.5 Å². The second-order valence-electron chi connectivity index (χ2n) is 5.62. The Morgan fingerprint density at radius 1 is 1.17 bits per heavy atom. The molecule has 0 aliphatic carbocycles. The number of para-hydroxylation sites is 1. The Morgan fingerprint density at radius 3 is 2.46 bits per heavy atom. The van der Waals surface area contributed by atoms with E-state index >= 15 is 0 Å². The van der Waals surface area contributed by atoms with Gasteiger partial charge in [0.1, 0.15) is 0 Å². The number of fused-ring (bicyclic) bond motifs is 1. The molecule has 24 heavy (non-hydrogen) atoms. The number of sulfonamides is 1. The summed E-state index contributed by atoms with van der Waals surface area (Å²) in [6.45, 7) is 0.806. The van der Waals surface area contributed by atoms with Crippen LogP contribution in [0.3, 0.4) is 0 Å². The lowest BCUT2D eigenvalue weighted by Gasteiger charge is -2.20. The quantitative estimate of drug-likeness (QED) is 0.659. The number of nitro benzene ring substituents is 1. The van der Waals surface area contributed by atoms with Gasteiger partial charge in [-0.25, -0.2) is 8.42 Å². The van der Waals surface area contributed by atoms with Crippen LogP contribution in [0.4, 0.5) is 11.4 Å². The first kappa shape index (κ1) is 16.4. The minimum Gasteiger partial charge on any atom is -0.330 e. The van der Waals surface area contributed by atoms with Crippen LogP contribution in [0.5, 0.6) is 0 Å². The van der Waals surface area contributed by atoms with Gasteiger partial charge in [-0.15, -0.1) is 0 Å². The number of rotatable bonds is 5. The number of nitrogens with zero attached hydrogens (tertiary/aromatic N) is 2.